The fourth-order valence-corrected chi connectivity index (χ4v) is 3.54. The number of amides is 1. The van der Waals surface area contributed by atoms with Gasteiger partial charge in [-0.3, -0.25) is 9.36 Å². The number of methoxy groups -OCH3 is 2. The zero-order chi connectivity index (χ0) is 23.5. The zero-order valence-electron chi connectivity index (χ0n) is 18.9. The molecule has 1 amide bonds. The molecular weight excluding hydrogens is 436 g/mol. The number of ether oxygens (including phenoxy) is 2. The summed E-state index contributed by atoms with van der Waals surface area (Å²) in [5, 5.41) is 6.92. The average Bonchev–Trinajstić information content (AvgIpc) is 3.39. The summed E-state index contributed by atoms with van der Waals surface area (Å²) >= 11 is 0. The van der Waals surface area contributed by atoms with Crippen LogP contribution in [0.1, 0.15) is 40.6 Å². The van der Waals surface area contributed by atoms with Gasteiger partial charge in [-0.15, -0.1) is 0 Å². The molecule has 174 valence electrons. The van der Waals surface area contributed by atoms with E-state index in [0.717, 1.165) is 29.8 Å². The number of carbonyl (C=O) groups excluding carboxylic acids is 1. The van der Waals surface area contributed by atoms with Crippen molar-refractivity contribution in [2.45, 2.75) is 25.2 Å². The third kappa shape index (κ3) is 4.61. The predicted molar refractivity (Wildman–Crippen MR) is 122 cm³/mol. The zero-order valence-corrected chi connectivity index (χ0v) is 18.9. The van der Waals surface area contributed by atoms with E-state index in [9.17, 15) is 4.79 Å². The number of nitrogens with zero attached hydrogens (tertiary/aromatic N) is 5. The summed E-state index contributed by atoms with van der Waals surface area (Å²) in [6.07, 6.45) is 7.75. The van der Waals surface area contributed by atoms with E-state index in [1.165, 1.54) is 0 Å². The van der Waals surface area contributed by atoms with Crippen molar-refractivity contribution in [2.75, 3.05) is 20.8 Å². The molecule has 0 atom stereocenters. The Labute approximate surface area is 195 Å². The summed E-state index contributed by atoms with van der Waals surface area (Å²) in [6.45, 7) is 0.459. The maximum atomic E-state index is 12.5. The summed E-state index contributed by atoms with van der Waals surface area (Å²) in [5.41, 5.74) is 2.08. The molecule has 1 N–H and O–H groups in total. The van der Waals surface area contributed by atoms with Gasteiger partial charge in [-0.2, -0.15) is 4.98 Å². The minimum absolute atomic E-state index is 0.255. The van der Waals surface area contributed by atoms with Crippen LogP contribution in [0.25, 0.3) is 17.3 Å². The van der Waals surface area contributed by atoms with Crippen molar-refractivity contribution in [3.63, 3.8) is 0 Å². The quantitative estimate of drug-likeness (QED) is 0.405. The summed E-state index contributed by atoms with van der Waals surface area (Å²) in [5.74, 6) is 3.35. The topological polar surface area (TPSA) is 117 Å². The first kappa shape index (κ1) is 21.6. The van der Waals surface area contributed by atoms with Crippen molar-refractivity contribution in [2.24, 2.45) is 0 Å². The van der Waals surface area contributed by atoms with Crippen LogP contribution in [0.4, 0.5) is 0 Å². The molecule has 1 aliphatic rings. The van der Waals surface area contributed by atoms with Crippen molar-refractivity contribution in [3.8, 4) is 28.8 Å². The molecule has 0 saturated heterocycles. The van der Waals surface area contributed by atoms with Gasteiger partial charge in [-0.25, -0.2) is 9.97 Å². The van der Waals surface area contributed by atoms with E-state index >= 15 is 0 Å². The number of nitrogens with one attached hydrogen (secondary N) is 1. The molecule has 1 saturated carbocycles. The van der Waals surface area contributed by atoms with Gasteiger partial charge in [0.2, 0.25) is 0 Å². The maximum absolute atomic E-state index is 12.5. The number of aromatic nitrogens is 5. The van der Waals surface area contributed by atoms with Crippen LogP contribution >= 0.6 is 0 Å². The molecule has 34 heavy (non-hydrogen) atoms. The van der Waals surface area contributed by atoms with E-state index in [0.29, 0.717) is 47.8 Å². The van der Waals surface area contributed by atoms with Crippen molar-refractivity contribution in [3.05, 3.63) is 66.1 Å². The average molecular weight is 460 g/mol. The molecule has 0 spiro atoms. The molecule has 10 nitrogen and oxygen atoms in total. The summed E-state index contributed by atoms with van der Waals surface area (Å²) < 4.78 is 17.6. The van der Waals surface area contributed by atoms with Gasteiger partial charge < -0.3 is 19.3 Å². The van der Waals surface area contributed by atoms with Gasteiger partial charge >= 0.3 is 0 Å². The second kappa shape index (κ2) is 9.34. The minimum atomic E-state index is -0.255. The minimum Gasteiger partial charge on any atom is -0.493 e. The number of hydrogen-bond acceptors (Lipinski definition) is 8. The Kier molecular flexibility index (Phi) is 5.94. The number of pyridine rings is 1. The lowest BCUT2D eigenvalue weighted by Crippen LogP contribution is -2.26. The van der Waals surface area contributed by atoms with Gasteiger partial charge in [0, 0.05) is 24.9 Å². The number of rotatable bonds is 9. The number of imidazole rings is 1. The smallest absolute Gasteiger partial charge is 0.271 e. The van der Waals surface area contributed by atoms with Gasteiger partial charge in [-0.05, 0) is 49.1 Å². The van der Waals surface area contributed by atoms with Crippen LogP contribution in [0, 0.1) is 0 Å². The molecule has 3 heterocycles. The van der Waals surface area contributed by atoms with E-state index in [1.54, 1.807) is 37.5 Å². The lowest BCUT2D eigenvalue weighted by molar-refractivity contribution is 0.0949. The Bertz CT molecular complexity index is 1290. The van der Waals surface area contributed by atoms with Crippen molar-refractivity contribution < 1.29 is 18.8 Å². The van der Waals surface area contributed by atoms with Crippen LogP contribution in [-0.4, -0.2) is 51.3 Å². The SMILES string of the molecule is COc1ccc(CCNC(=O)c2cn(-c3ccc(-c4nc(C5CC5)no4)cn3)cn2)cc1OC. The standard InChI is InChI=1S/C24H24N6O4/c1-32-19-7-3-15(11-20(19)33-2)9-10-25-23(31)18-13-30(14-27-18)21-8-6-17(12-26-21)24-28-22(29-34-24)16-4-5-16/h3,6-8,11-14,16H,4-5,9-10H2,1-2H3,(H,25,31). The van der Waals surface area contributed by atoms with Crippen molar-refractivity contribution in [1.82, 2.24) is 30.0 Å². The van der Waals surface area contributed by atoms with Crippen LogP contribution < -0.4 is 14.8 Å². The highest BCUT2D eigenvalue weighted by Crippen LogP contribution is 2.38. The monoisotopic (exact) mass is 460 g/mol. The molecule has 0 bridgehead atoms. The fourth-order valence-electron chi connectivity index (χ4n) is 3.54. The summed E-state index contributed by atoms with van der Waals surface area (Å²) in [4.78, 5) is 25.6. The van der Waals surface area contributed by atoms with Crippen LogP contribution in [0.5, 0.6) is 11.5 Å². The van der Waals surface area contributed by atoms with E-state index in [4.69, 9.17) is 14.0 Å². The Morgan fingerprint density at radius 1 is 1.15 bits per heavy atom. The molecule has 1 aliphatic carbocycles. The van der Waals surface area contributed by atoms with Crippen LogP contribution in [-0.2, 0) is 6.42 Å². The second-order valence-corrected chi connectivity index (χ2v) is 8.00. The fraction of sp³-hybridized carbons (Fsp3) is 0.292. The van der Waals surface area contributed by atoms with Crippen LogP contribution in [0.2, 0.25) is 0 Å². The Hall–Kier alpha value is -4.21. The number of carbonyl (C=O) groups is 1. The largest absolute Gasteiger partial charge is 0.493 e. The lowest BCUT2D eigenvalue weighted by atomic mass is 10.1. The molecule has 1 aromatic carbocycles. The second-order valence-electron chi connectivity index (χ2n) is 8.00. The molecule has 5 rings (SSSR count). The van der Waals surface area contributed by atoms with E-state index in [1.807, 2.05) is 30.3 Å². The lowest BCUT2D eigenvalue weighted by Gasteiger charge is -2.09. The maximum Gasteiger partial charge on any atom is 0.271 e. The number of hydrogen-bond donors (Lipinski definition) is 1. The van der Waals surface area contributed by atoms with Crippen LogP contribution in [0.15, 0.2) is 53.6 Å². The Morgan fingerprint density at radius 3 is 2.74 bits per heavy atom. The molecule has 0 radical (unpaired) electrons. The molecule has 0 aliphatic heterocycles. The number of benzene rings is 1. The van der Waals surface area contributed by atoms with Gasteiger partial charge in [-0.1, -0.05) is 11.2 Å². The molecule has 4 aromatic rings. The van der Waals surface area contributed by atoms with Crippen molar-refractivity contribution in [1.29, 1.82) is 0 Å². The van der Waals surface area contributed by atoms with Gasteiger partial charge in [0.1, 0.15) is 17.8 Å². The highest BCUT2D eigenvalue weighted by atomic mass is 16.5. The van der Waals surface area contributed by atoms with Crippen LogP contribution in [0.3, 0.4) is 0 Å². The first-order valence-electron chi connectivity index (χ1n) is 11.0. The first-order valence-corrected chi connectivity index (χ1v) is 11.0. The Morgan fingerprint density at radius 2 is 2.00 bits per heavy atom. The van der Waals surface area contributed by atoms with Gasteiger partial charge in [0.15, 0.2) is 17.3 Å². The van der Waals surface area contributed by atoms with E-state index in [-0.39, 0.29) is 5.91 Å². The first-order chi connectivity index (χ1) is 16.6. The molecule has 3 aromatic heterocycles. The predicted octanol–water partition coefficient (Wildman–Crippen LogP) is 3.18. The summed E-state index contributed by atoms with van der Waals surface area (Å²) in [7, 11) is 3.19. The Balaban J connectivity index is 1.18. The molecule has 10 heteroatoms. The third-order valence-electron chi connectivity index (χ3n) is 5.61. The molecule has 1 fully saturated rings. The highest BCUT2D eigenvalue weighted by molar-refractivity contribution is 5.92. The van der Waals surface area contributed by atoms with E-state index < -0.39 is 0 Å². The molecular formula is C24H24N6O4. The van der Waals surface area contributed by atoms with E-state index in [2.05, 4.69) is 25.4 Å². The molecule has 0 unspecified atom stereocenters. The normalized spacial score (nSPS) is 13.0. The summed E-state index contributed by atoms with van der Waals surface area (Å²) in [6, 6.07) is 9.36. The highest BCUT2D eigenvalue weighted by Gasteiger charge is 2.29. The van der Waals surface area contributed by atoms with Gasteiger partial charge in [0.25, 0.3) is 11.8 Å². The third-order valence-corrected chi connectivity index (χ3v) is 5.61. The van der Waals surface area contributed by atoms with Crippen molar-refractivity contribution >= 4 is 5.91 Å². The van der Waals surface area contributed by atoms with Gasteiger partial charge in [0.05, 0.1) is 19.8 Å².